The molecule has 38 heteroatoms. The molecule has 6 heterocycles. The van der Waals surface area contributed by atoms with Crippen LogP contribution in [0.2, 0.25) is 10.0 Å². The Labute approximate surface area is 674 Å². The number of phenols is 2. The Bertz CT molecular complexity index is 4180. The molecule has 4 aliphatic heterocycles. The number of amides is 6. The van der Waals surface area contributed by atoms with Gasteiger partial charge in [0.15, 0.2) is 0 Å². The van der Waals surface area contributed by atoms with Gasteiger partial charge >= 0.3 is 24.4 Å². The first-order chi connectivity index (χ1) is 53.2. The predicted molar refractivity (Wildman–Crippen MR) is 442 cm³/mol. The Morgan fingerprint density at radius 2 is 0.675 bits per heavy atom. The lowest BCUT2D eigenvalue weighted by molar-refractivity contribution is 0.0452. The molecule has 4 fully saturated rings. The number of carbonyl (C=O) groups is 6. The van der Waals surface area contributed by atoms with Crippen LogP contribution >= 0.6 is 23.2 Å². The van der Waals surface area contributed by atoms with Crippen LogP contribution in [0.25, 0.3) is 0 Å². The molecule has 4 aliphatic rings. The molecular weight excluding hydrogens is 1510 g/mol. The summed E-state index contributed by atoms with van der Waals surface area (Å²) in [7, 11) is 7.33. The molecule has 6 aromatic rings. The van der Waals surface area contributed by atoms with Gasteiger partial charge in [-0.25, -0.2) is 19.2 Å². The van der Waals surface area contributed by atoms with Crippen LogP contribution in [-0.4, -0.2) is 228 Å². The highest BCUT2D eigenvalue weighted by atomic mass is 35.5. The van der Waals surface area contributed by atoms with Crippen molar-refractivity contribution in [1.29, 1.82) is 0 Å². The van der Waals surface area contributed by atoms with Gasteiger partial charge in [-0.2, -0.15) is 29.9 Å². The van der Waals surface area contributed by atoms with Gasteiger partial charge in [-0.1, -0.05) is 23.2 Å². The van der Waals surface area contributed by atoms with E-state index < -0.39 is 82.8 Å². The third-order valence-corrected chi connectivity index (χ3v) is 18.2. The number of nitrogens with zero attached hydrogens (tertiary/aromatic N) is 12. The molecule has 4 aromatic carbocycles. The van der Waals surface area contributed by atoms with Crippen LogP contribution in [0.3, 0.4) is 0 Å². The molecule has 0 aliphatic carbocycles. The first-order valence-electron chi connectivity index (χ1n) is 37.5. The van der Waals surface area contributed by atoms with E-state index in [1.165, 1.54) is 18.2 Å². The van der Waals surface area contributed by atoms with Gasteiger partial charge in [-0.3, -0.25) is 9.59 Å². The van der Waals surface area contributed by atoms with Crippen molar-refractivity contribution in [3.63, 3.8) is 0 Å². The number of benzene rings is 4. The minimum Gasteiger partial charge on any atom is -0.507 e. The SMILES string of the molecule is CN(C)c1ccc(C(=O)Nc2ccc(Nc3nc(N4C[C@H](N)C[C@H](N)C4)nc(N4C[C@H](N)C[C@H](N)C4)n3)cc2Cl)c(O)c1.CN(C)c1ccc(C(=O)Nc2ccc(Nc3nc(N4C[C@H](NC(=O)OC(C)(C)C)C[C@H](NC(=O)OC(C)(C)C)C4)nc(N4C[C@H](NC(=O)OC(C)(C)C)C[C@H](NC(=O)OC(C)(C)C)C4)n3)cc2Cl)c(O)c1. The van der Waals surface area contributed by atoms with Gasteiger partial charge in [0.05, 0.1) is 56.7 Å². The summed E-state index contributed by atoms with van der Waals surface area (Å²) in [5.41, 5.74) is 25.1. The summed E-state index contributed by atoms with van der Waals surface area (Å²) >= 11 is 13.3. The van der Waals surface area contributed by atoms with Gasteiger partial charge in [0.1, 0.15) is 33.9 Å². The molecule has 0 spiro atoms. The third kappa shape index (κ3) is 26.2. The zero-order valence-corrected chi connectivity index (χ0v) is 69.0. The zero-order chi connectivity index (χ0) is 83.6. The van der Waals surface area contributed by atoms with Gasteiger partial charge in [-0.05, 0) is 169 Å². The fraction of sp³-hybridized carbons (Fsp3) is 0.526. The smallest absolute Gasteiger partial charge is 0.407 e. The minimum atomic E-state index is -0.787. The highest BCUT2D eigenvalue weighted by Gasteiger charge is 2.38. The molecule has 0 saturated carbocycles. The number of hydrogen-bond donors (Lipinski definition) is 14. The van der Waals surface area contributed by atoms with Crippen LogP contribution in [0.15, 0.2) is 72.8 Å². The number of rotatable bonds is 18. The van der Waals surface area contributed by atoms with E-state index in [-0.39, 0.29) is 107 Å². The molecule has 6 amide bonds. The summed E-state index contributed by atoms with van der Waals surface area (Å²) < 4.78 is 22.4. The number of nitrogens with two attached hydrogens (primary N) is 4. The van der Waals surface area contributed by atoms with E-state index in [4.69, 9.17) is 85.0 Å². The maximum absolute atomic E-state index is 13.3. The quantitative estimate of drug-likeness (QED) is 0.0360. The van der Waals surface area contributed by atoms with Crippen molar-refractivity contribution in [2.75, 3.05) is 131 Å². The first kappa shape index (κ1) is 87.3. The van der Waals surface area contributed by atoms with Crippen LogP contribution in [0, 0.1) is 0 Å². The number of phenolic OH excluding ortho intramolecular Hbond substituents is 2. The molecule has 10 rings (SSSR count). The molecule has 0 bridgehead atoms. The average molecular weight is 1620 g/mol. The maximum Gasteiger partial charge on any atom is 0.407 e. The number of nitrogens with one attached hydrogen (secondary N) is 8. The van der Waals surface area contributed by atoms with Gasteiger partial charge in [0.2, 0.25) is 35.7 Å². The Kier molecular flexibility index (Phi) is 28.1. The maximum atomic E-state index is 13.3. The van der Waals surface area contributed by atoms with E-state index in [0.29, 0.717) is 79.6 Å². The van der Waals surface area contributed by atoms with Crippen molar-refractivity contribution >= 4 is 129 Å². The van der Waals surface area contributed by atoms with Gasteiger partial charge in [0, 0.05) is 140 Å². The number of aromatic hydroxyl groups is 2. The van der Waals surface area contributed by atoms with Crippen molar-refractivity contribution in [1.82, 2.24) is 51.2 Å². The molecule has 114 heavy (non-hydrogen) atoms. The van der Waals surface area contributed by atoms with Gasteiger partial charge in [0.25, 0.3) is 11.8 Å². The second kappa shape index (κ2) is 36.7. The van der Waals surface area contributed by atoms with Crippen LogP contribution in [0.5, 0.6) is 11.5 Å². The molecule has 2 aromatic heterocycles. The van der Waals surface area contributed by atoms with E-state index in [9.17, 15) is 39.0 Å². The zero-order valence-electron chi connectivity index (χ0n) is 67.4. The highest BCUT2D eigenvalue weighted by molar-refractivity contribution is 6.34. The summed E-state index contributed by atoms with van der Waals surface area (Å²) in [6.07, 6.45) is -0.573. The monoisotopic (exact) mass is 1620 g/mol. The molecule has 4 saturated heterocycles. The summed E-state index contributed by atoms with van der Waals surface area (Å²) in [5.74, 6) is 0.0883. The number of hydrogen-bond acceptors (Lipinski definition) is 30. The van der Waals surface area contributed by atoms with Crippen molar-refractivity contribution < 1.29 is 57.9 Å². The molecule has 18 N–H and O–H groups in total. The van der Waals surface area contributed by atoms with Gasteiger partial charge in [-0.15, -0.1) is 0 Å². The lowest BCUT2D eigenvalue weighted by Crippen LogP contribution is -2.59. The number of aromatic nitrogens is 6. The predicted octanol–water partition coefficient (Wildman–Crippen LogP) is 8.31. The Balaban J connectivity index is 0.000000294. The Morgan fingerprint density at radius 3 is 0.921 bits per heavy atom. The number of ether oxygens (including phenoxy) is 4. The molecule has 620 valence electrons. The lowest BCUT2D eigenvalue weighted by Gasteiger charge is -2.40. The number of anilines is 12. The van der Waals surface area contributed by atoms with Crippen LogP contribution in [0.1, 0.15) is 129 Å². The second-order valence-corrected chi connectivity index (χ2v) is 34.0. The topological polar surface area (TPSA) is 477 Å². The van der Waals surface area contributed by atoms with Crippen molar-refractivity contribution in [3.8, 4) is 11.5 Å². The summed E-state index contributed by atoms with van der Waals surface area (Å²) in [6.45, 7) is 24.0. The highest BCUT2D eigenvalue weighted by Crippen LogP contribution is 2.35. The van der Waals surface area contributed by atoms with Crippen molar-refractivity contribution in [2.45, 2.75) is 180 Å². The van der Waals surface area contributed by atoms with Crippen LogP contribution in [0.4, 0.5) is 89.0 Å². The normalized spacial score (nSPS) is 20.0. The molecule has 0 unspecified atom stereocenters. The standard InChI is InChI=1S/C48H71ClN12O10.C28H39ClN12O2/c1-45(2,3)68-41(64)51-28-19-29(52-42(65)69-46(4,5)6)24-60(23-28)39-56-38(50-27-15-18-35(34(49)21-27)55-37(63)33-17-16-32(59(13)14)22-36(33)62)57-40(58-39)61-25-30(53-43(66)70-47(7,8)9)20-31(26-61)54-44(67)71-48(10,11)12;1-39(2)20-4-5-21(24(42)10-20)25(43)35-23-6-3-19(9-22(23)29)34-26-36-27(40-11-15(30)7-16(31)12-40)38-28(37-26)41-13-17(32)8-18(33)14-41/h15-18,21-22,28-31,62H,19-20,23-26H2,1-14H3,(H,51,64)(H,52,65)(H,53,66)(H,54,67)(H,55,63)(H,50,56,57,58);3-6,9-10,15-18,42H,7-8,11-14,30-33H2,1-2H3,(H,35,43)(H,34,36,37,38)/t28-,29+,30-,31+;15-,16+,17-,18+. The van der Waals surface area contributed by atoms with Crippen LogP contribution in [-0.2, 0) is 18.9 Å². The summed E-state index contributed by atoms with van der Waals surface area (Å²) in [5, 5.41) is 45.0. The fourth-order valence-electron chi connectivity index (χ4n) is 12.9. The minimum absolute atomic E-state index is 0.0431. The largest absolute Gasteiger partial charge is 0.507 e. The van der Waals surface area contributed by atoms with E-state index in [2.05, 4.69) is 52.5 Å². The lowest BCUT2D eigenvalue weighted by atomic mass is 10.0. The first-order valence-corrected chi connectivity index (χ1v) is 38.3. The second-order valence-electron chi connectivity index (χ2n) is 33.2. The molecular formula is C76H110Cl2N24O12. The summed E-state index contributed by atoms with van der Waals surface area (Å²) in [4.78, 5) is 119. The number of halogens is 2. The van der Waals surface area contributed by atoms with E-state index >= 15 is 0 Å². The fourth-order valence-corrected chi connectivity index (χ4v) is 13.4. The van der Waals surface area contributed by atoms with E-state index in [0.717, 1.165) is 18.5 Å². The van der Waals surface area contributed by atoms with E-state index in [1.54, 1.807) is 152 Å². The number of piperidine rings is 4. The summed E-state index contributed by atoms with van der Waals surface area (Å²) in [6, 6.07) is 16.6. The average Bonchev–Trinajstić information content (AvgIpc) is 0.794. The van der Waals surface area contributed by atoms with E-state index in [1.807, 2.05) is 42.9 Å². The molecule has 8 atom stereocenters. The van der Waals surface area contributed by atoms with Crippen molar-refractivity contribution in [3.05, 3.63) is 94.0 Å². The third-order valence-electron chi connectivity index (χ3n) is 17.6. The Hall–Kier alpha value is -10.7. The number of alkyl carbamates (subject to hydrolysis) is 4. The van der Waals surface area contributed by atoms with Crippen LogP contribution < -0.4 is 94.9 Å². The Morgan fingerprint density at radius 1 is 0.404 bits per heavy atom. The van der Waals surface area contributed by atoms with Gasteiger partial charge < -0.3 is 124 Å². The molecule has 36 nitrogen and oxygen atoms in total. The number of carbonyl (C=O) groups excluding carboxylic acids is 6. The van der Waals surface area contributed by atoms with Crippen molar-refractivity contribution in [2.24, 2.45) is 22.9 Å². The molecule has 0 radical (unpaired) electrons.